The molecule has 1 aromatic heterocycles. The van der Waals surface area contributed by atoms with Gasteiger partial charge in [-0.25, -0.2) is 9.67 Å². The lowest BCUT2D eigenvalue weighted by Gasteiger charge is -2.36. The first-order valence-corrected chi connectivity index (χ1v) is 8.24. The molecule has 0 fully saturated rings. The van der Waals surface area contributed by atoms with Gasteiger partial charge in [-0.2, -0.15) is 5.10 Å². The van der Waals surface area contributed by atoms with E-state index in [-0.39, 0.29) is 5.88 Å². The van der Waals surface area contributed by atoms with Crippen molar-refractivity contribution in [1.82, 2.24) is 14.8 Å². The standard InChI is InChI=1S/C16H19Cl2N3O3/c1-11(22)23-14(16(2,3)8-17)15(21-10-19-9-20-21)24-13-6-4-12(18)5-7-13/h4-7,9-10,14-15H,8H2,1-3H3. The number of benzene rings is 1. The smallest absolute Gasteiger partial charge is 0.303 e. The Bertz CT molecular complexity index is 660. The molecule has 0 saturated heterocycles. The molecule has 8 heteroatoms. The van der Waals surface area contributed by atoms with E-state index in [9.17, 15) is 4.79 Å². The Kier molecular flexibility index (Phi) is 6.07. The molecular formula is C16H19Cl2N3O3. The summed E-state index contributed by atoms with van der Waals surface area (Å²) < 4.78 is 13.1. The SMILES string of the molecule is CC(=O)OC(C(Oc1ccc(Cl)cc1)n1cncn1)C(C)(C)CCl. The Morgan fingerprint density at radius 2 is 2.00 bits per heavy atom. The van der Waals surface area contributed by atoms with Crippen molar-refractivity contribution in [1.29, 1.82) is 0 Å². The Labute approximate surface area is 150 Å². The molecule has 2 atom stereocenters. The Morgan fingerprint density at radius 1 is 1.33 bits per heavy atom. The van der Waals surface area contributed by atoms with Crippen LogP contribution in [-0.4, -0.2) is 32.7 Å². The molecule has 2 unspecified atom stereocenters. The van der Waals surface area contributed by atoms with Gasteiger partial charge in [-0.05, 0) is 24.3 Å². The average molecular weight is 372 g/mol. The van der Waals surface area contributed by atoms with Crippen LogP contribution in [-0.2, 0) is 9.53 Å². The summed E-state index contributed by atoms with van der Waals surface area (Å²) in [6, 6.07) is 6.88. The van der Waals surface area contributed by atoms with Crippen LogP contribution in [0.1, 0.15) is 27.0 Å². The van der Waals surface area contributed by atoms with Crippen LogP contribution in [0.5, 0.6) is 5.75 Å². The van der Waals surface area contributed by atoms with E-state index in [2.05, 4.69) is 10.1 Å². The van der Waals surface area contributed by atoms with Crippen LogP contribution in [0.3, 0.4) is 0 Å². The van der Waals surface area contributed by atoms with Crippen molar-refractivity contribution in [3.63, 3.8) is 0 Å². The quantitative estimate of drug-likeness (QED) is 0.548. The normalized spacial score (nSPS) is 14.0. The molecular weight excluding hydrogens is 353 g/mol. The van der Waals surface area contributed by atoms with E-state index in [1.165, 1.54) is 24.3 Å². The summed E-state index contributed by atoms with van der Waals surface area (Å²) in [4.78, 5) is 15.5. The number of alkyl halides is 1. The maximum absolute atomic E-state index is 11.6. The van der Waals surface area contributed by atoms with Crippen molar-refractivity contribution >= 4 is 29.2 Å². The number of hydrogen-bond acceptors (Lipinski definition) is 5. The highest BCUT2D eigenvalue weighted by Gasteiger charge is 2.41. The summed E-state index contributed by atoms with van der Waals surface area (Å²) in [6.07, 6.45) is 1.48. The van der Waals surface area contributed by atoms with Crippen LogP contribution in [0.15, 0.2) is 36.9 Å². The van der Waals surface area contributed by atoms with Gasteiger partial charge in [-0.3, -0.25) is 4.79 Å². The number of carbonyl (C=O) groups excluding carboxylic acids is 1. The highest BCUT2D eigenvalue weighted by molar-refractivity contribution is 6.30. The van der Waals surface area contributed by atoms with E-state index < -0.39 is 23.7 Å². The van der Waals surface area contributed by atoms with Gasteiger partial charge in [0.1, 0.15) is 18.4 Å². The summed E-state index contributed by atoms with van der Waals surface area (Å²) in [5.74, 6) is 0.394. The van der Waals surface area contributed by atoms with E-state index in [0.29, 0.717) is 10.8 Å². The molecule has 6 nitrogen and oxygen atoms in total. The molecule has 0 amide bonds. The summed E-state index contributed by atoms with van der Waals surface area (Å²) in [5.41, 5.74) is -0.559. The summed E-state index contributed by atoms with van der Waals surface area (Å²) in [6.45, 7) is 5.13. The zero-order valence-electron chi connectivity index (χ0n) is 13.6. The summed E-state index contributed by atoms with van der Waals surface area (Å²) in [5, 5.41) is 4.72. The van der Waals surface area contributed by atoms with Crippen LogP contribution in [0, 0.1) is 5.41 Å². The van der Waals surface area contributed by atoms with Crippen LogP contribution < -0.4 is 4.74 Å². The lowest BCUT2D eigenvalue weighted by molar-refractivity contribution is -0.166. The molecule has 1 heterocycles. The molecule has 0 aliphatic rings. The van der Waals surface area contributed by atoms with E-state index in [1.807, 2.05) is 13.8 Å². The Balaban J connectivity index is 2.39. The molecule has 0 radical (unpaired) electrons. The third kappa shape index (κ3) is 4.61. The summed E-state index contributed by atoms with van der Waals surface area (Å²) >= 11 is 12.0. The molecule has 1 aromatic carbocycles. The molecule has 0 spiro atoms. The fraction of sp³-hybridized carbons (Fsp3) is 0.438. The predicted octanol–water partition coefficient (Wildman–Crippen LogP) is 3.71. The van der Waals surface area contributed by atoms with Gasteiger partial charge in [0.2, 0.25) is 6.23 Å². The predicted molar refractivity (Wildman–Crippen MR) is 91.2 cm³/mol. The topological polar surface area (TPSA) is 66.2 Å². The molecule has 0 aliphatic heterocycles. The van der Waals surface area contributed by atoms with Gasteiger partial charge in [-0.15, -0.1) is 11.6 Å². The molecule has 0 N–H and O–H groups in total. The van der Waals surface area contributed by atoms with Crippen molar-refractivity contribution in [3.8, 4) is 5.75 Å². The van der Waals surface area contributed by atoms with E-state index in [0.717, 1.165) is 0 Å². The van der Waals surface area contributed by atoms with Crippen LogP contribution in [0.25, 0.3) is 0 Å². The van der Waals surface area contributed by atoms with E-state index in [1.54, 1.807) is 24.3 Å². The molecule has 130 valence electrons. The van der Waals surface area contributed by atoms with E-state index >= 15 is 0 Å². The van der Waals surface area contributed by atoms with Crippen LogP contribution in [0.4, 0.5) is 0 Å². The van der Waals surface area contributed by atoms with Gasteiger partial charge in [0.25, 0.3) is 0 Å². The van der Waals surface area contributed by atoms with Gasteiger partial charge in [0.15, 0.2) is 6.10 Å². The van der Waals surface area contributed by atoms with Crippen LogP contribution >= 0.6 is 23.2 Å². The third-order valence-corrected chi connectivity index (χ3v) is 4.38. The number of aromatic nitrogens is 3. The number of carbonyl (C=O) groups is 1. The highest BCUT2D eigenvalue weighted by Crippen LogP contribution is 2.34. The molecule has 2 aromatic rings. The first-order chi connectivity index (χ1) is 11.3. The minimum absolute atomic E-state index is 0.264. The lowest BCUT2D eigenvalue weighted by atomic mass is 9.87. The number of ether oxygens (including phenoxy) is 2. The maximum atomic E-state index is 11.6. The monoisotopic (exact) mass is 371 g/mol. The first-order valence-electron chi connectivity index (χ1n) is 7.33. The lowest BCUT2D eigenvalue weighted by Crippen LogP contribution is -2.44. The van der Waals surface area contributed by atoms with Crippen molar-refractivity contribution in [3.05, 3.63) is 41.9 Å². The highest BCUT2D eigenvalue weighted by atomic mass is 35.5. The molecule has 24 heavy (non-hydrogen) atoms. The third-order valence-electron chi connectivity index (χ3n) is 3.43. The number of rotatable bonds is 7. The van der Waals surface area contributed by atoms with Crippen molar-refractivity contribution in [2.45, 2.75) is 33.1 Å². The zero-order chi connectivity index (χ0) is 17.7. The van der Waals surface area contributed by atoms with Gasteiger partial charge in [-0.1, -0.05) is 25.4 Å². The second-order valence-electron chi connectivity index (χ2n) is 5.99. The van der Waals surface area contributed by atoms with Crippen molar-refractivity contribution < 1.29 is 14.3 Å². The second kappa shape index (κ2) is 7.85. The van der Waals surface area contributed by atoms with E-state index in [4.69, 9.17) is 32.7 Å². The first kappa shape index (κ1) is 18.5. The fourth-order valence-electron chi connectivity index (χ4n) is 2.11. The Hall–Kier alpha value is -1.79. The molecule has 0 aliphatic carbocycles. The summed E-state index contributed by atoms with van der Waals surface area (Å²) in [7, 11) is 0. The number of nitrogens with zero attached hydrogens (tertiary/aromatic N) is 3. The van der Waals surface area contributed by atoms with Crippen molar-refractivity contribution in [2.24, 2.45) is 5.41 Å². The largest absolute Gasteiger partial charge is 0.465 e. The van der Waals surface area contributed by atoms with Gasteiger partial charge < -0.3 is 9.47 Å². The number of esters is 1. The zero-order valence-corrected chi connectivity index (χ0v) is 15.2. The molecule has 0 saturated carbocycles. The maximum Gasteiger partial charge on any atom is 0.303 e. The van der Waals surface area contributed by atoms with Gasteiger partial charge in [0, 0.05) is 23.2 Å². The Morgan fingerprint density at radius 3 is 2.50 bits per heavy atom. The molecule has 0 bridgehead atoms. The van der Waals surface area contributed by atoms with Crippen LogP contribution in [0.2, 0.25) is 5.02 Å². The van der Waals surface area contributed by atoms with Crippen molar-refractivity contribution in [2.75, 3.05) is 5.88 Å². The number of hydrogen-bond donors (Lipinski definition) is 0. The average Bonchev–Trinajstić information content (AvgIpc) is 3.06. The minimum atomic E-state index is -0.730. The fourth-order valence-corrected chi connectivity index (χ4v) is 2.39. The van der Waals surface area contributed by atoms with Gasteiger partial charge >= 0.3 is 5.97 Å². The second-order valence-corrected chi connectivity index (χ2v) is 6.69. The van der Waals surface area contributed by atoms with Gasteiger partial charge in [0.05, 0.1) is 0 Å². The number of halogens is 2. The minimum Gasteiger partial charge on any atom is -0.465 e. The molecule has 2 rings (SSSR count).